The fourth-order valence-corrected chi connectivity index (χ4v) is 4.82. The summed E-state index contributed by atoms with van der Waals surface area (Å²) in [5.74, 6) is -3.39. The molecule has 8 N–H and O–H groups in total. The number of esters is 1. The van der Waals surface area contributed by atoms with Gasteiger partial charge < -0.3 is 41.0 Å². The first-order valence-corrected chi connectivity index (χ1v) is 13.8. The summed E-state index contributed by atoms with van der Waals surface area (Å²) >= 11 is 4.10. The number of oxime groups is 1. The number of nitrogens with one attached hydrogen (secondary N) is 2. The number of rotatable bonds is 5. The van der Waals surface area contributed by atoms with Crippen molar-refractivity contribution in [2.75, 3.05) is 7.11 Å². The van der Waals surface area contributed by atoms with Gasteiger partial charge in [0.25, 0.3) is 11.1 Å². The highest BCUT2D eigenvalue weighted by Crippen LogP contribution is 2.23. The molecule has 5 aromatic heterocycles. The second-order valence-corrected chi connectivity index (χ2v) is 10.3. The zero-order valence-corrected chi connectivity index (χ0v) is 23.6. The van der Waals surface area contributed by atoms with Gasteiger partial charge in [-0.25, -0.2) is 19.6 Å². The molecule has 0 aliphatic rings. The molecule has 0 saturated heterocycles. The fraction of sp³-hybridized carbons (Fsp3) is 0.0417. The molecule has 0 aliphatic heterocycles. The van der Waals surface area contributed by atoms with Gasteiger partial charge in [0.05, 0.1) is 21.7 Å². The Morgan fingerprint density at radius 2 is 1.33 bits per heavy atom. The number of carboxylic acids is 1. The van der Waals surface area contributed by atoms with Gasteiger partial charge in [0.15, 0.2) is 28.9 Å². The van der Waals surface area contributed by atoms with Crippen molar-refractivity contribution in [2.24, 2.45) is 10.9 Å². The minimum atomic E-state index is -1.44. The third kappa shape index (κ3) is 7.65. The Labute approximate surface area is 246 Å². The topological polar surface area (TPSA) is 254 Å². The van der Waals surface area contributed by atoms with Crippen molar-refractivity contribution in [3.63, 3.8) is 0 Å². The van der Waals surface area contributed by atoms with Crippen molar-refractivity contribution in [3.05, 3.63) is 89.5 Å². The molecule has 0 amide bonds. The number of aromatic nitrogens is 4. The number of carbonyl (C=O) groups excluding carboxylic acids is 1. The van der Waals surface area contributed by atoms with Crippen molar-refractivity contribution < 1.29 is 34.9 Å². The molecule has 0 atom stereocenters. The van der Waals surface area contributed by atoms with E-state index < -0.39 is 40.3 Å². The molecule has 0 unspecified atom stereocenters. The predicted octanol–water partition coefficient (Wildman–Crippen LogP) is 2.74. The van der Waals surface area contributed by atoms with Gasteiger partial charge in [-0.1, -0.05) is 23.4 Å². The van der Waals surface area contributed by atoms with Crippen molar-refractivity contribution >= 4 is 51.8 Å². The number of methoxy groups -OCH3 is 1. The van der Waals surface area contributed by atoms with E-state index in [4.69, 9.17) is 16.0 Å². The SMILES string of the molecule is COC(=O)c1nc(-c2cccs2)[nH]c(=O)c1O.N/C(=N\O)c1cccs1.O=C(O)c1nc(-c2cccs2)[nH]c(=O)c1O. The molecular weight excluding hydrogens is 612 g/mol. The van der Waals surface area contributed by atoms with Crippen molar-refractivity contribution in [3.8, 4) is 32.9 Å². The van der Waals surface area contributed by atoms with E-state index in [1.165, 1.54) is 34.0 Å². The van der Waals surface area contributed by atoms with Crippen LogP contribution in [-0.2, 0) is 4.74 Å². The molecule has 5 aromatic rings. The number of hydrogen-bond donors (Lipinski definition) is 7. The molecule has 42 heavy (non-hydrogen) atoms. The number of aromatic amines is 2. The highest BCUT2D eigenvalue weighted by molar-refractivity contribution is 7.13. The molecular formula is C24H20N6O9S3. The van der Waals surface area contributed by atoms with Crippen LogP contribution in [-0.4, -0.2) is 65.3 Å². The van der Waals surface area contributed by atoms with Crippen molar-refractivity contribution in [2.45, 2.75) is 0 Å². The van der Waals surface area contributed by atoms with Crippen LogP contribution >= 0.6 is 34.0 Å². The molecule has 0 bridgehead atoms. The zero-order valence-electron chi connectivity index (χ0n) is 21.2. The number of aromatic hydroxyl groups is 2. The Balaban J connectivity index is 0.000000181. The van der Waals surface area contributed by atoms with E-state index in [0.29, 0.717) is 9.75 Å². The molecule has 0 aromatic carbocycles. The molecule has 0 saturated carbocycles. The average Bonchev–Trinajstić information content (AvgIpc) is 3.79. The number of carboxylic acid groups (broad SMARTS) is 1. The summed E-state index contributed by atoms with van der Waals surface area (Å²) in [5, 5.41) is 43.8. The molecule has 0 fully saturated rings. The Bertz CT molecular complexity index is 1800. The number of nitrogens with two attached hydrogens (primary N) is 1. The van der Waals surface area contributed by atoms with Crippen LogP contribution in [0.4, 0.5) is 0 Å². The van der Waals surface area contributed by atoms with E-state index in [-0.39, 0.29) is 23.2 Å². The van der Waals surface area contributed by atoms with Crippen molar-refractivity contribution in [1.29, 1.82) is 0 Å². The lowest BCUT2D eigenvalue weighted by Gasteiger charge is -2.03. The van der Waals surface area contributed by atoms with E-state index in [2.05, 4.69) is 29.8 Å². The molecule has 218 valence electrons. The first-order valence-electron chi connectivity index (χ1n) is 11.1. The van der Waals surface area contributed by atoms with E-state index in [9.17, 15) is 29.4 Å². The van der Waals surface area contributed by atoms with Gasteiger partial charge >= 0.3 is 11.9 Å². The Hall–Kier alpha value is -5.33. The maximum Gasteiger partial charge on any atom is 0.360 e. The molecule has 0 spiro atoms. The molecule has 18 heteroatoms. The number of nitrogens with zero attached hydrogens (tertiary/aromatic N) is 3. The average molecular weight is 633 g/mol. The molecule has 5 rings (SSSR count). The first-order chi connectivity index (χ1) is 20.1. The van der Waals surface area contributed by atoms with Crippen LogP contribution in [0.2, 0.25) is 0 Å². The molecule has 15 nitrogen and oxygen atoms in total. The number of thiophene rings is 3. The van der Waals surface area contributed by atoms with Gasteiger partial charge in [0.1, 0.15) is 0 Å². The Morgan fingerprint density at radius 3 is 1.74 bits per heavy atom. The highest BCUT2D eigenvalue weighted by atomic mass is 32.1. The van der Waals surface area contributed by atoms with Crippen LogP contribution in [0.3, 0.4) is 0 Å². The summed E-state index contributed by atoms with van der Waals surface area (Å²) in [6.07, 6.45) is 0. The largest absolute Gasteiger partial charge is 0.501 e. The number of hydrogen-bond acceptors (Lipinski definition) is 14. The van der Waals surface area contributed by atoms with Crippen LogP contribution in [0.15, 0.2) is 67.3 Å². The molecule has 0 radical (unpaired) electrons. The fourth-order valence-electron chi connectivity index (χ4n) is 2.86. The Kier molecular flexibility index (Phi) is 10.7. The summed E-state index contributed by atoms with van der Waals surface area (Å²) in [7, 11) is 1.15. The predicted molar refractivity (Wildman–Crippen MR) is 155 cm³/mol. The van der Waals surface area contributed by atoms with E-state index in [0.717, 1.165) is 12.0 Å². The maximum atomic E-state index is 11.4. The standard InChI is InChI=1S/C10H8N2O4S.C9H6N2O4S.C5H6N2OS/c1-16-10(15)6-7(13)9(14)12-8(11-6)5-3-2-4-17-5;12-6-5(9(14)15)10-7(11-8(6)13)4-2-1-3-16-4;6-5(7-8)4-2-1-3-9-4/h2-4,13H,1H3,(H,11,12,14);1-3,12H,(H,14,15)(H,10,11,13);1-3,8H,(H2,6,7). The van der Waals surface area contributed by atoms with Crippen LogP contribution in [0.5, 0.6) is 11.5 Å². The Morgan fingerprint density at radius 1 is 0.857 bits per heavy atom. The number of H-pyrrole nitrogens is 2. The maximum absolute atomic E-state index is 11.4. The normalized spacial score (nSPS) is 10.5. The van der Waals surface area contributed by atoms with Gasteiger partial charge in [-0.2, -0.15) is 0 Å². The summed E-state index contributed by atoms with van der Waals surface area (Å²) in [6.45, 7) is 0. The van der Waals surface area contributed by atoms with E-state index >= 15 is 0 Å². The molecule has 5 heterocycles. The first kappa shape index (κ1) is 31.2. The second-order valence-electron chi connectivity index (χ2n) is 7.44. The number of amidine groups is 1. The van der Waals surface area contributed by atoms with Gasteiger partial charge in [-0.05, 0) is 34.3 Å². The summed E-state index contributed by atoms with van der Waals surface area (Å²) in [4.78, 5) is 59.1. The third-order valence-electron chi connectivity index (χ3n) is 4.76. The zero-order chi connectivity index (χ0) is 30.8. The monoisotopic (exact) mass is 632 g/mol. The van der Waals surface area contributed by atoms with Crippen LogP contribution in [0.25, 0.3) is 21.4 Å². The lowest BCUT2D eigenvalue weighted by Crippen LogP contribution is -2.15. The highest BCUT2D eigenvalue weighted by Gasteiger charge is 2.19. The van der Waals surface area contributed by atoms with Crippen LogP contribution in [0, 0.1) is 0 Å². The van der Waals surface area contributed by atoms with Crippen LogP contribution < -0.4 is 16.9 Å². The van der Waals surface area contributed by atoms with Crippen LogP contribution in [0.1, 0.15) is 25.9 Å². The lowest BCUT2D eigenvalue weighted by molar-refractivity contribution is 0.0589. The quantitative estimate of drug-likeness (QED) is 0.0485. The smallest absolute Gasteiger partial charge is 0.360 e. The van der Waals surface area contributed by atoms with Gasteiger partial charge in [0.2, 0.25) is 11.5 Å². The van der Waals surface area contributed by atoms with Gasteiger partial charge in [-0.3, -0.25) is 9.59 Å². The molecule has 0 aliphatic carbocycles. The minimum Gasteiger partial charge on any atom is -0.501 e. The third-order valence-corrected chi connectivity index (χ3v) is 7.41. The van der Waals surface area contributed by atoms with Crippen molar-refractivity contribution in [1.82, 2.24) is 19.9 Å². The lowest BCUT2D eigenvalue weighted by atomic mass is 10.3. The summed E-state index contributed by atoms with van der Waals surface area (Å²) < 4.78 is 4.43. The number of carbonyl (C=O) groups is 2. The number of aromatic carboxylic acids is 1. The summed E-state index contributed by atoms with van der Waals surface area (Å²) in [6, 6.07) is 10.6. The van der Waals surface area contributed by atoms with E-state index in [1.807, 2.05) is 11.4 Å². The van der Waals surface area contributed by atoms with Gasteiger partial charge in [-0.15, -0.1) is 34.0 Å². The van der Waals surface area contributed by atoms with Gasteiger partial charge in [0, 0.05) is 0 Å². The summed E-state index contributed by atoms with van der Waals surface area (Å²) in [5.41, 5.74) is 2.57. The van der Waals surface area contributed by atoms with E-state index in [1.54, 1.807) is 41.1 Å². The minimum absolute atomic E-state index is 0.134. The number of ether oxygens (including phenoxy) is 1. The second kappa shape index (κ2) is 14.3.